The van der Waals surface area contributed by atoms with Gasteiger partial charge in [0.05, 0.1) is 0 Å². The fourth-order valence-electron chi connectivity index (χ4n) is 1.17. The van der Waals surface area contributed by atoms with Gasteiger partial charge in [-0.15, -0.1) is 11.3 Å². The van der Waals surface area contributed by atoms with Crippen molar-refractivity contribution < 1.29 is 15.0 Å². The third-order valence-corrected chi connectivity index (χ3v) is 2.68. The van der Waals surface area contributed by atoms with Crippen LogP contribution >= 0.6 is 11.3 Å². The lowest BCUT2D eigenvalue weighted by atomic mass is 10.1. The van der Waals surface area contributed by atoms with Crippen LogP contribution in [0.15, 0.2) is 23.6 Å². The third-order valence-electron chi connectivity index (χ3n) is 1.80. The predicted octanol–water partition coefficient (Wildman–Crippen LogP) is 2.31. The molecule has 0 aliphatic heterocycles. The molecule has 0 saturated carbocycles. The largest absolute Gasteiger partial charge is 0.507 e. The molecule has 1 aromatic heterocycles. The highest BCUT2D eigenvalue weighted by Gasteiger charge is 2.10. The monoisotopic (exact) mass is 194 g/mol. The number of hydrogen-bond donors (Lipinski definition) is 2. The third kappa shape index (κ3) is 1.25. The number of rotatable bonds is 1. The summed E-state index contributed by atoms with van der Waals surface area (Å²) in [5, 5.41) is 20.8. The first-order valence-corrected chi connectivity index (χ1v) is 4.50. The van der Waals surface area contributed by atoms with Gasteiger partial charge in [-0.2, -0.15) is 0 Å². The Balaban J connectivity index is 2.76. The molecular weight excluding hydrogens is 188 g/mol. The van der Waals surface area contributed by atoms with Crippen LogP contribution < -0.4 is 0 Å². The van der Waals surface area contributed by atoms with Crippen LogP contribution in [0.3, 0.4) is 0 Å². The van der Waals surface area contributed by atoms with Crippen molar-refractivity contribution in [3.05, 3.63) is 29.1 Å². The summed E-state index contributed by atoms with van der Waals surface area (Å²) in [6, 6.07) is 4.79. The van der Waals surface area contributed by atoms with Crippen molar-refractivity contribution in [3.8, 4) is 5.75 Å². The Morgan fingerprint density at radius 2 is 2.15 bits per heavy atom. The highest BCUT2D eigenvalue weighted by Crippen LogP contribution is 2.28. The molecule has 0 aliphatic rings. The summed E-state index contributed by atoms with van der Waals surface area (Å²) in [6.07, 6.45) is 0. The maximum Gasteiger partial charge on any atom is 0.339 e. The van der Waals surface area contributed by atoms with E-state index in [1.807, 2.05) is 11.4 Å². The second kappa shape index (κ2) is 2.74. The Labute approximate surface area is 77.9 Å². The van der Waals surface area contributed by atoms with E-state index in [4.69, 9.17) is 5.11 Å². The van der Waals surface area contributed by atoms with Crippen molar-refractivity contribution in [2.45, 2.75) is 0 Å². The molecule has 4 heteroatoms. The maximum absolute atomic E-state index is 10.6. The molecule has 0 bridgehead atoms. The van der Waals surface area contributed by atoms with Crippen molar-refractivity contribution in [1.29, 1.82) is 0 Å². The number of aromatic hydroxyl groups is 1. The number of thiophene rings is 1. The second-order valence-electron chi connectivity index (χ2n) is 2.63. The van der Waals surface area contributed by atoms with Gasteiger partial charge >= 0.3 is 5.97 Å². The second-order valence-corrected chi connectivity index (χ2v) is 3.58. The number of carboxylic acids is 1. The SMILES string of the molecule is O=C(O)c1cc2sccc2cc1O. The first-order chi connectivity index (χ1) is 6.18. The average Bonchev–Trinajstić information content (AvgIpc) is 2.48. The first-order valence-electron chi connectivity index (χ1n) is 3.62. The molecule has 0 unspecified atom stereocenters. The van der Waals surface area contributed by atoms with E-state index in [1.165, 1.54) is 23.5 Å². The molecule has 2 rings (SSSR count). The molecule has 0 amide bonds. The fraction of sp³-hybridized carbons (Fsp3) is 0. The summed E-state index contributed by atoms with van der Waals surface area (Å²) in [4.78, 5) is 10.6. The van der Waals surface area contributed by atoms with Crippen molar-refractivity contribution in [2.75, 3.05) is 0 Å². The molecular formula is C9H6O3S. The van der Waals surface area contributed by atoms with Crippen molar-refractivity contribution >= 4 is 27.4 Å². The molecule has 0 fully saturated rings. The maximum atomic E-state index is 10.6. The van der Waals surface area contributed by atoms with Crippen LogP contribution in [-0.2, 0) is 0 Å². The molecule has 13 heavy (non-hydrogen) atoms. The van der Waals surface area contributed by atoms with Gasteiger partial charge in [-0.05, 0) is 29.0 Å². The minimum atomic E-state index is -1.10. The summed E-state index contributed by atoms with van der Waals surface area (Å²) in [7, 11) is 0. The highest BCUT2D eigenvalue weighted by molar-refractivity contribution is 7.17. The van der Waals surface area contributed by atoms with E-state index in [0.29, 0.717) is 0 Å². The van der Waals surface area contributed by atoms with Crippen molar-refractivity contribution in [3.63, 3.8) is 0 Å². The molecule has 2 aromatic rings. The van der Waals surface area contributed by atoms with Gasteiger partial charge in [0.1, 0.15) is 11.3 Å². The standard InChI is InChI=1S/C9H6O3S/c10-7-3-5-1-2-13-8(5)4-6(7)9(11)12/h1-4,10H,(H,11,12). The van der Waals surface area contributed by atoms with Crippen LogP contribution in [0.4, 0.5) is 0 Å². The molecule has 66 valence electrons. The van der Waals surface area contributed by atoms with E-state index in [-0.39, 0.29) is 11.3 Å². The van der Waals surface area contributed by atoms with Crippen LogP contribution in [0.5, 0.6) is 5.75 Å². The van der Waals surface area contributed by atoms with Crippen LogP contribution in [0.1, 0.15) is 10.4 Å². The number of carboxylic acid groups (broad SMARTS) is 1. The van der Waals surface area contributed by atoms with Crippen LogP contribution in [0.25, 0.3) is 10.1 Å². The van der Waals surface area contributed by atoms with E-state index in [1.54, 1.807) is 0 Å². The lowest BCUT2D eigenvalue weighted by Crippen LogP contribution is -1.95. The van der Waals surface area contributed by atoms with Gasteiger partial charge in [-0.3, -0.25) is 0 Å². The van der Waals surface area contributed by atoms with Gasteiger partial charge in [-0.25, -0.2) is 4.79 Å². The van der Waals surface area contributed by atoms with Crippen LogP contribution in [0, 0.1) is 0 Å². The number of phenols is 1. The number of fused-ring (bicyclic) bond motifs is 1. The summed E-state index contributed by atoms with van der Waals surface area (Å²) in [5.41, 5.74) is -0.0463. The van der Waals surface area contributed by atoms with Gasteiger partial charge in [0.15, 0.2) is 0 Å². The van der Waals surface area contributed by atoms with E-state index < -0.39 is 5.97 Å². The van der Waals surface area contributed by atoms with Crippen LogP contribution in [0.2, 0.25) is 0 Å². The Morgan fingerprint density at radius 3 is 2.85 bits per heavy atom. The molecule has 0 saturated heterocycles. The number of hydrogen-bond acceptors (Lipinski definition) is 3. The van der Waals surface area contributed by atoms with E-state index >= 15 is 0 Å². The predicted molar refractivity (Wildman–Crippen MR) is 50.4 cm³/mol. The van der Waals surface area contributed by atoms with Crippen molar-refractivity contribution in [2.24, 2.45) is 0 Å². The zero-order valence-electron chi connectivity index (χ0n) is 6.52. The Hall–Kier alpha value is -1.55. The molecule has 2 N–H and O–H groups in total. The molecule has 1 aromatic carbocycles. The molecule has 0 spiro atoms. The minimum absolute atomic E-state index is 0.0463. The van der Waals surface area contributed by atoms with Gasteiger partial charge in [0.25, 0.3) is 0 Å². The molecule has 1 heterocycles. The first kappa shape index (κ1) is 8.07. The van der Waals surface area contributed by atoms with Crippen molar-refractivity contribution in [1.82, 2.24) is 0 Å². The van der Waals surface area contributed by atoms with Gasteiger partial charge in [0, 0.05) is 4.70 Å². The highest BCUT2D eigenvalue weighted by atomic mass is 32.1. The molecule has 3 nitrogen and oxygen atoms in total. The van der Waals surface area contributed by atoms with Gasteiger partial charge in [0.2, 0.25) is 0 Å². The Morgan fingerprint density at radius 1 is 1.38 bits per heavy atom. The van der Waals surface area contributed by atoms with E-state index in [2.05, 4.69) is 0 Å². The summed E-state index contributed by atoms with van der Waals surface area (Å²) in [5.74, 6) is -1.29. The summed E-state index contributed by atoms with van der Waals surface area (Å²) >= 11 is 1.45. The molecule has 0 aliphatic carbocycles. The average molecular weight is 194 g/mol. The number of carbonyl (C=O) groups is 1. The Kier molecular flexibility index (Phi) is 1.70. The van der Waals surface area contributed by atoms with Gasteiger partial charge < -0.3 is 10.2 Å². The zero-order valence-corrected chi connectivity index (χ0v) is 7.34. The summed E-state index contributed by atoms with van der Waals surface area (Å²) < 4.78 is 0.871. The van der Waals surface area contributed by atoms with E-state index in [9.17, 15) is 9.90 Å². The van der Waals surface area contributed by atoms with E-state index in [0.717, 1.165) is 10.1 Å². The van der Waals surface area contributed by atoms with Gasteiger partial charge in [-0.1, -0.05) is 0 Å². The lowest BCUT2D eigenvalue weighted by molar-refractivity contribution is 0.0694. The lowest BCUT2D eigenvalue weighted by Gasteiger charge is -1.98. The quantitative estimate of drug-likeness (QED) is 0.732. The Bertz CT molecular complexity index is 473. The minimum Gasteiger partial charge on any atom is -0.507 e. The van der Waals surface area contributed by atoms with Crippen LogP contribution in [-0.4, -0.2) is 16.2 Å². The zero-order chi connectivity index (χ0) is 9.42. The molecule has 0 atom stereocenters. The fourth-order valence-corrected chi connectivity index (χ4v) is 1.98. The normalized spacial score (nSPS) is 10.5. The topological polar surface area (TPSA) is 57.5 Å². The smallest absolute Gasteiger partial charge is 0.339 e. The number of aromatic carboxylic acids is 1. The number of benzene rings is 1. The summed E-state index contributed by atoms with van der Waals surface area (Å²) in [6.45, 7) is 0. The molecule has 0 radical (unpaired) electrons.